The van der Waals surface area contributed by atoms with Crippen LogP contribution in [0.25, 0.3) is 0 Å². The van der Waals surface area contributed by atoms with Crippen molar-refractivity contribution < 1.29 is 27.5 Å². The molecule has 1 spiro atoms. The van der Waals surface area contributed by atoms with Gasteiger partial charge in [0, 0.05) is 13.1 Å². The van der Waals surface area contributed by atoms with Gasteiger partial charge in [-0.15, -0.1) is 0 Å². The molecule has 1 unspecified atom stereocenters. The number of benzene rings is 2. The number of carbonyl (C=O) groups is 2. The van der Waals surface area contributed by atoms with Crippen LogP contribution < -0.4 is 4.31 Å². The highest BCUT2D eigenvalue weighted by Crippen LogP contribution is 2.59. The molecule has 0 radical (unpaired) electrons. The molecular formula is C30H30N2O6S. The summed E-state index contributed by atoms with van der Waals surface area (Å²) in [6.07, 6.45) is 3.99. The second-order valence-corrected chi connectivity index (χ2v) is 11.7. The van der Waals surface area contributed by atoms with Crippen LogP contribution in [0.5, 0.6) is 0 Å². The highest BCUT2D eigenvalue weighted by Gasteiger charge is 2.59. The number of methoxy groups -OCH3 is 2. The first-order valence-electron chi connectivity index (χ1n) is 12.5. The lowest BCUT2D eigenvalue weighted by Gasteiger charge is -2.42. The molecule has 9 heteroatoms. The molecule has 6 rings (SSSR count). The Balaban J connectivity index is 1.94. The summed E-state index contributed by atoms with van der Waals surface area (Å²) in [5.41, 5.74) is 2.48. The number of hydrogen-bond acceptors (Lipinski definition) is 7. The number of aryl methyl sites for hydroxylation is 1. The largest absolute Gasteiger partial charge is 0.466 e. The topological polar surface area (TPSA) is 93.2 Å². The van der Waals surface area contributed by atoms with Crippen molar-refractivity contribution in [2.45, 2.75) is 30.6 Å². The summed E-state index contributed by atoms with van der Waals surface area (Å²) in [4.78, 5) is 28.8. The summed E-state index contributed by atoms with van der Waals surface area (Å²) in [7, 11) is -1.65. The Kier molecular flexibility index (Phi) is 6.50. The average molecular weight is 547 g/mol. The maximum Gasteiger partial charge on any atom is 0.354 e. The molecule has 4 aliphatic rings. The lowest BCUT2D eigenvalue weighted by atomic mass is 9.67. The molecule has 202 valence electrons. The van der Waals surface area contributed by atoms with Crippen molar-refractivity contribution in [2.75, 3.05) is 31.6 Å². The molecule has 0 aromatic heterocycles. The van der Waals surface area contributed by atoms with Crippen LogP contribution >= 0.6 is 0 Å². The molecule has 2 aromatic rings. The lowest BCUT2D eigenvalue weighted by molar-refractivity contribution is -0.142. The van der Waals surface area contributed by atoms with Gasteiger partial charge in [0.25, 0.3) is 10.0 Å². The Morgan fingerprint density at radius 1 is 1.00 bits per heavy atom. The van der Waals surface area contributed by atoms with E-state index in [1.807, 2.05) is 26.0 Å². The second-order valence-electron chi connectivity index (χ2n) is 9.88. The van der Waals surface area contributed by atoms with E-state index < -0.39 is 27.4 Å². The molecule has 4 heterocycles. The van der Waals surface area contributed by atoms with Gasteiger partial charge in [0.2, 0.25) is 0 Å². The predicted octanol–water partition coefficient (Wildman–Crippen LogP) is 4.15. The van der Waals surface area contributed by atoms with E-state index in [-0.39, 0.29) is 16.2 Å². The summed E-state index contributed by atoms with van der Waals surface area (Å²) >= 11 is 0. The molecular weight excluding hydrogens is 516 g/mol. The lowest BCUT2D eigenvalue weighted by Crippen LogP contribution is -2.48. The van der Waals surface area contributed by atoms with Crippen molar-refractivity contribution in [3.63, 3.8) is 0 Å². The van der Waals surface area contributed by atoms with Crippen LogP contribution in [-0.4, -0.2) is 52.6 Å². The number of para-hydroxylation sites is 1. The van der Waals surface area contributed by atoms with E-state index in [2.05, 4.69) is 6.58 Å². The standard InChI is InChI=1S/C30H30N2O6S/c1-19(2)21-14-16-31-17-15-30(26(28(33)37-4)27(31)29(34)38-5)23-8-6-7-9-24(23)32(25(30)18-21)39(35,36)22-12-10-20(3)11-13-22/h6-14,18H,1,15-17H2,2-5H3/b21-14+,25-18+. The highest BCUT2D eigenvalue weighted by molar-refractivity contribution is 7.93. The molecule has 8 nitrogen and oxygen atoms in total. The third-order valence-corrected chi connectivity index (χ3v) is 9.36. The van der Waals surface area contributed by atoms with Crippen molar-refractivity contribution >= 4 is 27.6 Å². The first-order chi connectivity index (χ1) is 18.6. The number of nitrogens with zero attached hydrogens (tertiary/aromatic N) is 2. The minimum absolute atomic E-state index is 0.0553. The van der Waals surface area contributed by atoms with Crippen molar-refractivity contribution in [3.8, 4) is 0 Å². The number of fused-ring (bicyclic) bond motifs is 4. The number of anilines is 1. The predicted molar refractivity (Wildman–Crippen MR) is 147 cm³/mol. The first-order valence-corrected chi connectivity index (χ1v) is 14.0. The first kappa shape index (κ1) is 26.5. The van der Waals surface area contributed by atoms with E-state index in [9.17, 15) is 18.0 Å². The monoisotopic (exact) mass is 546 g/mol. The van der Waals surface area contributed by atoms with Crippen LogP contribution in [-0.2, 0) is 34.5 Å². The molecule has 0 amide bonds. The van der Waals surface area contributed by atoms with Crippen LogP contribution in [0.3, 0.4) is 0 Å². The number of hydrogen-bond donors (Lipinski definition) is 0. The van der Waals surface area contributed by atoms with E-state index in [1.165, 1.54) is 18.5 Å². The summed E-state index contributed by atoms with van der Waals surface area (Å²) < 4.78 is 40.6. The fourth-order valence-corrected chi connectivity index (χ4v) is 7.31. The molecule has 2 bridgehead atoms. The molecule has 4 aliphatic heterocycles. The van der Waals surface area contributed by atoms with Crippen LogP contribution in [0.2, 0.25) is 0 Å². The van der Waals surface area contributed by atoms with E-state index in [4.69, 9.17) is 9.47 Å². The molecule has 39 heavy (non-hydrogen) atoms. The molecule has 0 saturated carbocycles. The van der Waals surface area contributed by atoms with Crippen molar-refractivity contribution in [1.29, 1.82) is 0 Å². The highest BCUT2D eigenvalue weighted by atomic mass is 32.2. The van der Waals surface area contributed by atoms with Gasteiger partial charge in [-0.05, 0) is 55.7 Å². The Labute approximate surface area is 228 Å². The molecule has 0 fully saturated rings. The Morgan fingerprint density at radius 2 is 1.67 bits per heavy atom. The van der Waals surface area contributed by atoms with Gasteiger partial charge in [0.1, 0.15) is 5.70 Å². The number of allylic oxidation sites excluding steroid dienone is 4. The van der Waals surface area contributed by atoms with Gasteiger partial charge in [-0.2, -0.15) is 0 Å². The van der Waals surface area contributed by atoms with E-state index in [1.54, 1.807) is 53.4 Å². The Bertz CT molecular complexity index is 1600. The van der Waals surface area contributed by atoms with Gasteiger partial charge >= 0.3 is 11.9 Å². The smallest absolute Gasteiger partial charge is 0.354 e. The Hall–Kier alpha value is -4.11. The van der Waals surface area contributed by atoms with Crippen LogP contribution in [0.1, 0.15) is 24.5 Å². The zero-order valence-electron chi connectivity index (χ0n) is 22.4. The SMILES string of the molecule is C=C(C)C1=C/CN2CCC3(C(C(=O)OC)=C2C(=O)OC)/C(=C\1)N(S(=O)(=O)c1ccc(C)cc1)c1ccccc13. The summed E-state index contributed by atoms with van der Waals surface area (Å²) in [6.45, 7) is 8.49. The zero-order chi connectivity index (χ0) is 28.1. The van der Waals surface area contributed by atoms with Crippen molar-refractivity contribution in [2.24, 2.45) is 0 Å². The Morgan fingerprint density at radius 3 is 2.31 bits per heavy atom. The van der Waals surface area contributed by atoms with Gasteiger partial charge in [-0.25, -0.2) is 22.3 Å². The third-order valence-electron chi connectivity index (χ3n) is 7.62. The number of carbonyl (C=O) groups excluding carboxylic acids is 2. The molecule has 0 N–H and O–H groups in total. The van der Waals surface area contributed by atoms with Gasteiger partial charge in [-0.3, -0.25) is 0 Å². The zero-order valence-corrected chi connectivity index (χ0v) is 23.2. The summed E-state index contributed by atoms with van der Waals surface area (Å²) in [6, 6.07) is 13.7. The molecule has 0 aliphatic carbocycles. The van der Waals surface area contributed by atoms with Crippen LogP contribution in [0.15, 0.2) is 100 Å². The van der Waals surface area contributed by atoms with Gasteiger partial charge < -0.3 is 14.4 Å². The summed E-state index contributed by atoms with van der Waals surface area (Å²) in [5.74, 6) is -1.42. The normalized spacial score (nSPS) is 22.9. The van der Waals surface area contributed by atoms with Crippen LogP contribution in [0.4, 0.5) is 5.69 Å². The summed E-state index contributed by atoms with van der Waals surface area (Å²) in [5, 5.41) is 0. The van der Waals surface area contributed by atoms with Gasteiger partial charge in [0.15, 0.2) is 0 Å². The minimum atomic E-state index is -4.15. The van der Waals surface area contributed by atoms with Crippen molar-refractivity contribution in [3.05, 3.63) is 107 Å². The second kappa shape index (κ2) is 9.57. The number of sulfonamides is 1. The fraction of sp³-hybridized carbons (Fsp3) is 0.267. The average Bonchev–Trinajstić information content (AvgIpc) is 3.25. The van der Waals surface area contributed by atoms with Crippen molar-refractivity contribution in [1.82, 2.24) is 4.90 Å². The quantitative estimate of drug-likeness (QED) is 0.520. The van der Waals surface area contributed by atoms with E-state index >= 15 is 0 Å². The van der Waals surface area contributed by atoms with Crippen LogP contribution in [0, 0.1) is 6.92 Å². The maximum absolute atomic E-state index is 14.4. The number of esters is 2. The maximum atomic E-state index is 14.4. The molecule has 1 atom stereocenters. The molecule has 2 aromatic carbocycles. The van der Waals surface area contributed by atoms with Gasteiger partial charge in [-0.1, -0.05) is 54.1 Å². The minimum Gasteiger partial charge on any atom is -0.466 e. The van der Waals surface area contributed by atoms with E-state index in [0.29, 0.717) is 47.6 Å². The fourth-order valence-electron chi connectivity index (χ4n) is 5.73. The van der Waals surface area contributed by atoms with Gasteiger partial charge in [0.05, 0.1) is 41.5 Å². The number of ether oxygens (including phenoxy) is 2. The third kappa shape index (κ3) is 3.91. The van der Waals surface area contributed by atoms with E-state index in [0.717, 1.165) is 5.56 Å². The number of rotatable bonds is 5. The molecule has 0 saturated heterocycles.